The molecule has 6 heteroatoms. The zero-order valence-electron chi connectivity index (χ0n) is 10.2. The minimum Gasteiger partial charge on any atom is -0.480 e. The van der Waals surface area contributed by atoms with Crippen molar-refractivity contribution in [1.29, 1.82) is 0 Å². The first-order valence-corrected chi connectivity index (χ1v) is 6.11. The minimum absolute atomic E-state index is 0.276. The van der Waals surface area contributed by atoms with Crippen LogP contribution >= 0.6 is 0 Å². The summed E-state index contributed by atoms with van der Waals surface area (Å²) in [7, 11) is 2.08. The number of hydrogen-bond donors (Lipinski definition) is 1. The number of carbonyl (C=O) groups is 1. The molecular formula is C12H15N3O3. The molecule has 1 saturated heterocycles. The normalized spacial score (nSPS) is 26.1. The van der Waals surface area contributed by atoms with Crippen LogP contribution in [0, 0.1) is 0 Å². The van der Waals surface area contributed by atoms with E-state index in [1.807, 2.05) is 0 Å². The van der Waals surface area contributed by atoms with E-state index in [4.69, 9.17) is 5.11 Å². The molecule has 18 heavy (non-hydrogen) atoms. The SMILES string of the molecule is CN1[C@H]2CC[C@@H]1c1cc(=O)n(CC(=O)O)nc1C2. The first-order chi connectivity index (χ1) is 8.56. The van der Waals surface area contributed by atoms with Crippen molar-refractivity contribution >= 4 is 5.97 Å². The van der Waals surface area contributed by atoms with Gasteiger partial charge in [-0.3, -0.25) is 14.5 Å². The fraction of sp³-hybridized carbons (Fsp3) is 0.583. The highest BCUT2D eigenvalue weighted by Crippen LogP contribution is 2.40. The number of nitrogens with zero attached hydrogens (tertiary/aromatic N) is 3. The lowest BCUT2D eigenvalue weighted by Crippen LogP contribution is -2.38. The third-order valence-corrected chi connectivity index (χ3v) is 4.02. The lowest BCUT2D eigenvalue weighted by molar-refractivity contribution is -0.138. The van der Waals surface area contributed by atoms with Gasteiger partial charge in [0.15, 0.2) is 0 Å². The van der Waals surface area contributed by atoms with Crippen molar-refractivity contribution < 1.29 is 9.90 Å². The van der Waals surface area contributed by atoms with E-state index >= 15 is 0 Å². The Hall–Kier alpha value is -1.69. The molecule has 6 nitrogen and oxygen atoms in total. The van der Waals surface area contributed by atoms with Gasteiger partial charge in [-0.25, -0.2) is 4.68 Å². The number of carboxylic acid groups (broad SMARTS) is 1. The summed E-state index contributed by atoms with van der Waals surface area (Å²) in [6.07, 6.45) is 2.98. The average molecular weight is 249 g/mol. The summed E-state index contributed by atoms with van der Waals surface area (Å²) in [5, 5.41) is 13.0. The van der Waals surface area contributed by atoms with Crippen LogP contribution in [0.2, 0.25) is 0 Å². The van der Waals surface area contributed by atoms with Crippen LogP contribution in [0.5, 0.6) is 0 Å². The molecule has 0 radical (unpaired) electrons. The van der Waals surface area contributed by atoms with Crippen molar-refractivity contribution in [2.45, 2.75) is 37.9 Å². The lowest BCUT2D eigenvalue weighted by atomic mass is 9.99. The quantitative estimate of drug-likeness (QED) is 0.799. The highest BCUT2D eigenvalue weighted by molar-refractivity contribution is 5.66. The molecule has 3 rings (SSSR count). The summed E-state index contributed by atoms with van der Waals surface area (Å²) in [5.74, 6) is -1.04. The molecule has 2 aliphatic heterocycles. The van der Waals surface area contributed by atoms with Crippen LogP contribution in [0.1, 0.15) is 30.1 Å². The molecule has 0 spiro atoms. The van der Waals surface area contributed by atoms with E-state index in [1.54, 1.807) is 6.07 Å². The van der Waals surface area contributed by atoms with E-state index in [0.29, 0.717) is 6.04 Å². The Morgan fingerprint density at radius 1 is 1.56 bits per heavy atom. The molecule has 0 unspecified atom stereocenters. The van der Waals surface area contributed by atoms with Crippen LogP contribution in [0.3, 0.4) is 0 Å². The van der Waals surface area contributed by atoms with Gasteiger partial charge in [0, 0.05) is 24.6 Å². The molecule has 0 saturated carbocycles. The summed E-state index contributed by atoms with van der Waals surface area (Å²) in [6.45, 7) is -0.364. The third-order valence-electron chi connectivity index (χ3n) is 4.02. The van der Waals surface area contributed by atoms with Crippen LogP contribution in [-0.2, 0) is 17.8 Å². The molecule has 2 atom stereocenters. The van der Waals surface area contributed by atoms with Gasteiger partial charge in [0.2, 0.25) is 0 Å². The van der Waals surface area contributed by atoms with Crippen LogP contribution < -0.4 is 5.56 Å². The Bertz CT molecular complexity index is 566. The summed E-state index contributed by atoms with van der Waals surface area (Å²) in [5.41, 5.74) is 1.55. The predicted molar refractivity (Wildman–Crippen MR) is 63.4 cm³/mol. The second-order valence-electron chi connectivity index (χ2n) is 5.05. The largest absolute Gasteiger partial charge is 0.480 e. The van der Waals surface area contributed by atoms with Crippen molar-refractivity contribution in [2.24, 2.45) is 0 Å². The van der Waals surface area contributed by atoms with Gasteiger partial charge in [-0.05, 0) is 25.5 Å². The van der Waals surface area contributed by atoms with Crippen LogP contribution in [-0.4, -0.2) is 38.8 Å². The fourth-order valence-corrected chi connectivity index (χ4v) is 3.09. The molecule has 1 aromatic heterocycles. The Morgan fingerprint density at radius 2 is 2.33 bits per heavy atom. The van der Waals surface area contributed by atoms with E-state index in [-0.39, 0.29) is 18.1 Å². The second-order valence-corrected chi connectivity index (χ2v) is 5.05. The number of carboxylic acids is 1. The first-order valence-electron chi connectivity index (χ1n) is 6.11. The fourth-order valence-electron chi connectivity index (χ4n) is 3.09. The zero-order valence-corrected chi connectivity index (χ0v) is 10.2. The van der Waals surface area contributed by atoms with Gasteiger partial charge < -0.3 is 5.11 Å². The molecule has 2 aliphatic rings. The molecule has 0 aliphatic carbocycles. The second kappa shape index (κ2) is 3.91. The Labute approximate surface area is 104 Å². The summed E-state index contributed by atoms with van der Waals surface area (Å²) < 4.78 is 1.05. The molecule has 2 bridgehead atoms. The van der Waals surface area contributed by atoms with Gasteiger partial charge in [0.25, 0.3) is 5.56 Å². The van der Waals surface area contributed by atoms with E-state index in [9.17, 15) is 9.59 Å². The smallest absolute Gasteiger partial charge is 0.325 e. The summed E-state index contributed by atoms with van der Waals surface area (Å²) in [4.78, 5) is 24.8. The van der Waals surface area contributed by atoms with Crippen molar-refractivity contribution in [3.05, 3.63) is 27.7 Å². The number of hydrogen-bond acceptors (Lipinski definition) is 4. The number of aliphatic carboxylic acids is 1. The number of rotatable bonds is 2. The molecule has 96 valence electrons. The van der Waals surface area contributed by atoms with Crippen molar-refractivity contribution in [3.63, 3.8) is 0 Å². The Morgan fingerprint density at radius 3 is 3.06 bits per heavy atom. The molecule has 0 aromatic carbocycles. The summed E-state index contributed by atoms with van der Waals surface area (Å²) in [6, 6.07) is 2.32. The average Bonchev–Trinajstić information content (AvgIpc) is 2.55. The van der Waals surface area contributed by atoms with E-state index in [2.05, 4.69) is 17.0 Å². The van der Waals surface area contributed by atoms with Gasteiger partial charge in [-0.15, -0.1) is 0 Å². The van der Waals surface area contributed by atoms with Gasteiger partial charge in [-0.1, -0.05) is 0 Å². The predicted octanol–water partition coefficient (Wildman–Crippen LogP) is 0.0193. The highest BCUT2D eigenvalue weighted by atomic mass is 16.4. The maximum absolute atomic E-state index is 11.8. The van der Waals surface area contributed by atoms with Gasteiger partial charge in [0.1, 0.15) is 6.54 Å². The van der Waals surface area contributed by atoms with E-state index < -0.39 is 5.97 Å². The molecule has 3 heterocycles. The lowest BCUT2D eigenvalue weighted by Gasteiger charge is -2.32. The minimum atomic E-state index is -1.04. The molecule has 1 N–H and O–H groups in total. The van der Waals surface area contributed by atoms with Crippen molar-refractivity contribution in [2.75, 3.05) is 7.05 Å². The van der Waals surface area contributed by atoms with Gasteiger partial charge >= 0.3 is 5.97 Å². The number of aromatic nitrogens is 2. The van der Waals surface area contributed by atoms with Crippen molar-refractivity contribution in [1.82, 2.24) is 14.7 Å². The van der Waals surface area contributed by atoms with Crippen LogP contribution in [0.4, 0.5) is 0 Å². The van der Waals surface area contributed by atoms with Gasteiger partial charge in [0.05, 0.1) is 5.69 Å². The van der Waals surface area contributed by atoms with E-state index in [1.165, 1.54) is 0 Å². The Kier molecular flexibility index (Phi) is 2.48. The number of likely N-dealkylation sites (N-methyl/N-ethyl adjacent to an activating group) is 1. The standard InChI is InChI=1S/C12H15N3O3/c1-14-7-2-3-10(14)8-5-11(16)15(6-12(17)18)13-9(8)4-7/h5,7,10H,2-4,6H2,1H3,(H,17,18)/t7-,10+/m0/s1. The summed E-state index contributed by atoms with van der Waals surface area (Å²) >= 11 is 0. The van der Waals surface area contributed by atoms with Crippen LogP contribution in [0.25, 0.3) is 0 Å². The molecule has 0 amide bonds. The molecule has 1 aromatic rings. The van der Waals surface area contributed by atoms with E-state index in [0.717, 1.165) is 35.2 Å². The maximum atomic E-state index is 11.8. The first kappa shape index (κ1) is 11.4. The topological polar surface area (TPSA) is 75.4 Å². The third kappa shape index (κ3) is 1.64. The monoisotopic (exact) mass is 249 g/mol. The zero-order chi connectivity index (χ0) is 12.9. The number of fused-ring (bicyclic) bond motifs is 4. The van der Waals surface area contributed by atoms with Gasteiger partial charge in [-0.2, -0.15) is 5.10 Å². The van der Waals surface area contributed by atoms with Crippen molar-refractivity contribution in [3.8, 4) is 0 Å². The van der Waals surface area contributed by atoms with Crippen LogP contribution in [0.15, 0.2) is 10.9 Å². The molecular weight excluding hydrogens is 234 g/mol. The maximum Gasteiger partial charge on any atom is 0.325 e. The Balaban J connectivity index is 2.05. The molecule has 1 fully saturated rings. The highest BCUT2D eigenvalue weighted by Gasteiger charge is 2.38.